The first-order chi connectivity index (χ1) is 6.75. The first kappa shape index (κ1) is 8.43. The van der Waals surface area contributed by atoms with Crippen molar-refractivity contribution in [3.8, 4) is 0 Å². The Bertz CT molecular complexity index is 487. The van der Waals surface area contributed by atoms with Crippen molar-refractivity contribution in [2.45, 2.75) is 0 Å². The lowest BCUT2D eigenvalue weighted by Gasteiger charge is -1.96. The van der Waals surface area contributed by atoms with E-state index >= 15 is 0 Å². The highest BCUT2D eigenvalue weighted by atomic mass is 15.1. The molecule has 2 aromatic rings. The van der Waals surface area contributed by atoms with Crippen molar-refractivity contribution in [2.24, 2.45) is 16.5 Å². The highest BCUT2D eigenvalue weighted by molar-refractivity contribution is 5.80. The molecule has 5 nitrogen and oxygen atoms in total. The molecule has 0 spiro atoms. The fraction of sp³-hybridized carbons (Fsp3) is 0. The zero-order valence-electron chi connectivity index (χ0n) is 7.38. The van der Waals surface area contributed by atoms with Crippen molar-refractivity contribution in [1.29, 1.82) is 0 Å². The van der Waals surface area contributed by atoms with E-state index in [2.05, 4.69) is 15.0 Å². The fourth-order valence-electron chi connectivity index (χ4n) is 1.13. The number of para-hydroxylation sites is 1. The number of guanidine groups is 1. The predicted octanol–water partition coefficient (Wildman–Crippen LogP) is 0.535. The molecule has 1 heterocycles. The van der Waals surface area contributed by atoms with Gasteiger partial charge < -0.3 is 11.5 Å². The summed E-state index contributed by atoms with van der Waals surface area (Å²) in [6.07, 6.45) is 1.68. The molecule has 0 aliphatic rings. The van der Waals surface area contributed by atoms with Gasteiger partial charge in [-0.25, -0.2) is 9.97 Å². The molecule has 0 bridgehead atoms. The summed E-state index contributed by atoms with van der Waals surface area (Å²) in [7, 11) is 0. The van der Waals surface area contributed by atoms with Crippen molar-refractivity contribution in [3.63, 3.8) is 0 Å². The Labute approximate surface area is 80.5 Å². The molecule has 0 aliphatic heterocycles. The van der Waals surface area contributed by atoms with E-state index in [4.69, 9.17) is 11.5 Å². The largest absolute Gasteiger partial charge is 0.370 e. The van der Waals surface area contributed by atoms with Crippen LogP contribution in [0.25, 0.3) is 10.9 Å². The van der Waals surface area contributed by atoms with Crippen LogP contribution in [0.2, 0.25) is 0 Å². The number of hydrogen-bond donors (Lipinski definition) is 2. The van der Waals surface area contributed by atoms with Crippen LogP contribution < -0.4 is 11.5 Å². The van der Waals surface area contributed by atoms with Crippen molar-refractivity contribution in [3.05, 3.63) is 30.5 Å². The Kier molecular flexibility index (Phi) is 1.98. The van der Waals surface area contributed by atoms with Crippen LogP contribution in [0, 0.1) is 0 Å². The molecule has 14 heavy (non-hydrogen) atoms. The monoisotopic (exact) mass is 187 g/mol. The number of fused-ring (bicyclic) bond motifs is 1. The minimum atomic E-state index is -0.0414. The summed E-state index contributed by atoms with van der Waals surface area (Å²) in [6.45, 7) is 0. The maximum atomic E-state index is 5.22. The molecule has 0 aliphatic carbocycles. The Morgan fingerprint density at radius 3 is 2.79 bits per heavy atom. The van der Waals surface area contributed by atoms with Crippen LogP contribution in [-0.4, -0.2) is 15.9 Å². The normalized spacial score (nSPS) is 10.0. The van der Waals surface area contributed by atoms with Crippen LogP contribution in [-0.2, 0) is 0 Å². The van der Waals surface area contributed by atoms with E-state index in [1.165, 1.54) is 0 Å². The van der Waals surface area contributed by atoms with E-state index in [1.807, 2.05) is 24.3 Å². The van der Waals surface area contributed by atoms with E-state index in [9.17, 15) is 0 Å². The number of benzene rings is 1. The molecular weight excluding hydrogens is 178 g/mol. The van der Waals surface area contributed by atoms with E-state index in [0.29, 0.717) is 0 Å². The number of nitrogens with two attached hydrogens (primary N) is 2. The average molecular weight is 187 g/mol. The van der Waals surface area contributed by atoms with Gasteiger partial charge in [0.25, 0.3) is 5.95 Å². The molecule has 4 N–H and O–H groups in total. The standard InChI is InChI=1S/C9H9N5/c10-8(11)14-9-12-5-6-3-1-2-4-7(6)13-9/h1-5H,(H4,10,11,12,13,14). The average Bonchev–Trinajstić information content (AvgIpc) is 2.17. The molecule has 5 heteroatoms. The summed E-state index contributed by atoms with van der Waals surface area (Å²) in [5.41, 5.74) is 11.3. The zero-order chi connectivity index (χ0) is 9.97. The summed E-state index contributed by atoms with van der Waals surface area (Å²) in [5, 5.41) is 0.960. The summed E-state index contributed by atoms with van der Waals surface area (Å²) in [6, 6.07) is 7.62. The summed E-state index contributed by atoms with van der Waals surface area (Å²) in [4.78, 5) is 11.9. The SMILES string of the molecule is NC(N)=Nc1ncc2ccccc2n1. The van der Waals surface area contributed by atoms with Gasteiger partial charge in [-0.05, 0) is 6.07 Å². The second kappa shape index (κ2) is 3.29. The third kappa shape index (κ3) is 1.61. The molecule has 0 radical (unpaired) electrons. The highest BCUT2D eigenvalue weighted by Gasteiger charge is 1.97. The Morgan fingerprint density at radius 1 is 1.21 bits per heavy atom. The minimum absolute atomic E-state index is 0.0414. The van der Waals surface area contributed by atoms with Gasteiger partial charge >= 0.3 is 0 Å². The molecular formula is C9H9N5. The van der Waals surface area contributed by atoms with Gasteiger partial charge in [0.1, 0.15) is 0 Å². The number of nitrogens with zero attached hydrogens (tertiary/aromatic N) is 3. The Balaban J connectivity index is 2.57. The molecule has 1 aromatic heterocycles. The summed E-state index contributed by atoms with van der Waals surface area (Å²) >= 11 is 0. The van der Waals surface area contributed by atoms with Gasteiger partial charge in [-0.3, -0.25) is 0 Å². The van der Waals surface area contributed by atoms with Gasteiger partial charge in [-0.1, -0.05) is 18.2 Å². The summed E-state index contributed by atoms with van der Waals surface area (Å²) in [5.74, 6) is 0.240. The number of aromatic nitrogens is 2. The van der Waals surface area contributed by atoms with Gasteiger partial charge in [0.05, 0.1) is 5.52 Å². The smallest absolute Gasteiger partial charge is 0.253 e. The fourth-order valence-corrected chi connectivity index (χ4v) is 1.13. The van der Waals surface area contributed by atoms with E-state index in [1.54, 1.807) is 6.20 Å². The number of aliphatic imine (C=N–C) groups is 1. The van der Waals surface area contributed by atoms with Crippen molar-refractivity contribution < 1.29 is 0 Å². The Hall–Kier alpha value is -2.17. The van der Waals surface area contributed by atoms with Crippen LogP contribution in [0.5, 0.6) is 0 Å². The zero-order valence-corrected chi connectivity index (χ0v) is 7.38. The van der Waals surface area contributed by atoms with E-state index in [-0.39, 0.29) is 11.9 Å². The molecule has 0 unspecified atom stereocenters. The topological polar surface area (TPSA) is 90.2 Å². The lowest BCUT2D eigenvalue weighted by Crippen LogP contribution is -2.22. The Morgan fingerprint density at radius 2 is 2.00 bits per heavy atom. The first-order valence-electron chi connectivity index (χ1n) is 4.07. The van der Waals surface area contributed by atoms with Crippen molar-refractivity contribution >= 4 is 22.8 Å². The third-order valence-corrected chi connectivity index (χ3v) is 1.71. The van der Waals surface area contributed by atoms with Gasteiger partial charge in [0.2, 0.25) is 0 Å². The second-order valence-corrected chi connectivity index (χ2v) is 2.77. The third-order valence-electron chi connectivity index (χ3n) is 1.71. The second-order valence-electron chi connectivity index (χ2n) is 2.77. The minimum Gasteiger partial charge on any atom is -0.370 e. The number of rotatable bonds is 1. The van der Waals surface area contributed by atoms with Gasteiger partial charge in [-0.2, -0.15) is 4.99 Å². The molecule has 2 rings (SSSR count). The molecule has 0 atom stereocenters. The molecule has 70 valence electrons. The van der Waals surface area contributed by atoms with Crippen LogP contribution in [0.4, 0.5) is 5.95 Å². The van der Waals surface area contributed by atoms with Crippen LogP contribution >= 0.6 is 0 Å². The van der Waals surface area contributed by atoms with Crippen LogP contribution in [0.3, 0.4) is 0 Å². The molecule has 0 saturated carbocycles. The predicted molar refractivity (Wildman–Crippen MR) is 55.0 cm³/mol. The van der Waals surface area contributed by atoms with Crippen molar-refractivity contribution in [1.82, 2.24) is 9.97 Å². The molecule has 0 saturated heterocycles. The lowest BCUT2D eigenvalue weighted by molar-refractivity contribution is 1.17. The van der Waals surface area contributed by atoms with E-state index in [0.717, 1.165) is 10.9 Å². The first-order valence-corrected chi connectivity index (χ1v) is 4.07. The quantitative estimate of drug-likeness (QED) is 0.503. The maximum Gasteiger partial charge on any atom is 0.253 e. The van der Waals surface area contributed by atoms with Gasteiger partial charge in [-0.15, -0.1) is 0 Å². The molecule has 0 amide bonds. The van der Waals surface area contributed by atoms with Crippen LogP contribution in [0.1, 0.15) is 0 Å². The maximum absolute atomic E-state index is 5.22. The van der Waals surface area contributed by atoms with Gasteiger partial charge in [0, 0.05) is 11.6 Å². The number of hydrogen-bond acceptors (Lipinski definition) is 3. The van der Waals surface area contributed by atoms with Crippen LogP contribution in [0.15, 0.2) is 35.5 Å². The van der Waals surface area contributed by atoms with Crippen molar-refractivity contribution in [2.75, 3.05) is 0 Å². The molecule has 1 aromatic carbocycles. The highest BCUT2D eigenvalue weighted by Crippen LogP contribution is 2.12. The molecule has 0 fully saturated rings. The summed E-state index contributed by atoms with van der Waals surface area (Å²) < 4.78 is 0. The van der Waals surface area contributed by atoms with E-state index < -0.39 is 0 Å². The lowest BCUT2D eigenvalue weighted by atomic mass is 10.2. The van der Waals surface area contributed by atoms with Gasteiger partial charge in [0.15, 0.2) is 5.96 Å².